The number of carbonyl (C=O) groups excluding carboxylic acids is 9. The second-order valence-corrected chi connectivity index (χ2v) is 22.3. The molecule has 0 radical (unpaired) electrons. The third-order valence-corrected chi connectivity index (χ3v) is 15.5. The van der Waals surface area contributed by atoms with Crippen LogP contribution in [0, 0.1) is 19.3 Å². The monoisotopic (exact) mass is 1240 g/mol. The normalized spacial score (nSPS) is 17.6. The van der Waals surface area contributed by atoms with Crippen molar-refractivity contribution in [3.63, 3.8) is 0 Å². The number of piperazine rings is 1. The van der Waals surface area contributed by atoms with Gasteiger partial charge in [0.15, 0.2) is 0 Å². The molecule has 26 nitrogen and oxygen atoms in total. The molecule has 2 atom stereocenters. The molecule has 3 saturated heterocycles. The number of aryl methyl sites for hydroxylation is 2. The number of fused-ring (bicyclic) bond motifs is 1. The molecule has 3 aromatic rings. The molecule has 28 heteroatoms. The van der Waals surface area contributed by atoms with Crippen molar-refractivity contribution in [3.8, 4) is 18.1 Å². The standard InChI is InChI=1S/C61H82F2N12O14/c1-3-47-36-61(62,63)40-75(47)57(82)37-66-59(85)49-17-19-64-51-16-15-48(34-50(49)51)89-33-7-20-69-29-31-74(32-30-69)56(81)35-54(79)68-60(86)52(9-4-5-18-65-53(78)10-6-8-46-13-11-45(2)12-14-46)67-55(80)38-70-21-22-71(39-58(83)84)24-26-73(42-88-44-77)28-27-72(25-23-70)41-87-43-76/h1,11-17,19,34,43-44,47,52H,4-10,18,20-33,35-42H2,2H3,(H,65,78)(H,66,85)(H,67,80)(H,83,84)(H,68,79,86)/t47-,52-/m0/s1. The number of aliphatic carboxylic acids is 1. The third-order valence-electron chi connectivity index (χ3n) is 15.5. The van der Waals surface area contributed by atoms with Gasteiger partial charge in [0.1, 0.15) is 31.7 Å². The Kier molecular flexibility index (Phi) is 28.5. The molecule has 3 fully saturated rings. The van der Waals surface area contributed by atoms with E-state index in [-0.39, 0.29) is 70.6 Å². The van der Waals surface area contributed by atoms with Crippen LogP contribution < -0.4 is 26.0 Å². The summed E-state index contributed by atoms with van der Waals surface area (Å²) in [6.07, 6.45) is 8.75. The summed E-state index contributed by atoms with van der Waals surface area (Å²) in [5.74, 6) is -5.71. The van der Waals surface area contributed by atoms with Gasteiger partial charge < -0.3 is 45.1 Å². The number of pyridine rings is 1. The van der Waals surface area contributed by atoms with E-state index in [9.17, 15) is 61.8 Å². The van der Waals surface area contributed by atoms with Gasteiger partial charge in [0.2, 0.25) is 35.4 Å². The highest BCUT2D eigenvalue weighted by atomic mass is 19.3. The number of amides is 7. The lowest BCUT2D eigenvalue weighted by molar-refractivity contribution is -0.140. The molecule has 6 rings (SSSR count). The number of ether oxygens (including phenoxy) is 3. The summed E-state index contributed by atoms with van der Waals surface area (Å²) in [6, 6.07) is 12.4. The van der Waals surface area contributed by atoms with Gasteiger partial charge in [0.05, 0.1) is 49.9 Å². The highest BCUT2D eigenvalue weighted by Crippen LogP contribution is 2.32. The fourth-order valence-corrected chi connectivity index (χ4v) is 10.5. The average molecular weight is 1250 g/mol. The van der Waals surface area contributed by atoms with E-state index in [4.69, 9.17) is 20.6 Å². The molecule has 5 N–H and O–H groups in total. The van der Waals surface area contributed by atoms with Gasteiger partial charge in [-0.1, -0.05) is 35.7 Å². The number of carbonyl (C=O) groups is 10. The summed E-state index contributed by atoms with van der Waals surface area (Å²) in [7, 11) is 0. The number of imide groups is 1. The van der Waals surface area contributed by atoms with Crippen molar-refractivity contribution in [2.24, 2.45) is 0 Å². The summed E-state index contributed by atoms with van der Waals surface area (Å²) < 4.78 is 44.0. The van der Waals surface area contributed by atoms with Crippen molar-refractivity contribution in [1.82, 2.24) is 60.6 Å². The first-order valence-electron chi connectivity index (χ1n) is 29.9. The van der Waals surface area contributed by atoms with E-state index < -0.39 is 85.3 Å². The smallest absolute Gasteiger partial charge is 0.317 e. The molecule has 2 aromatic carbocycles. The van der Waals surface area contributed by atoms with E-state index in [0.29, 0.717) is 134 Å². The SMILES string of the molecule is C#C[C@H]1CC(F)(F)CN1C(=O)CNC(=O)c1ccnc2ccc(OCCCN3CCN(C(=O)CC(=O)NC(=O)[C@H](CCCCNC(=O)CCCc4ccc(C)cc4)NC(=O)CN4CCN(COC=O)CCN(COC=O)CCN(CC(=O)O)CC4)CC3)cc12. The zero-order valence-corrected chi connectivity index (χ0v) is 50.4. The van der Waals surface area contributed by atoms with E-state index in [2.05, 4.69) is 37.1 Å². The minimum Gasteiger partial charge on any atom is -0.494 e. The largest absolute Gasteiger partial charge is 0.494 e. The summed E-state index contributed by atoms with van der Waals surface area (Å²) in [5.41, 5.74) is 2.97. The van der Waals surface area contributed by atoms with E-state index in [1.165, 1.54) is 17.2 Å². The maximum Gasteiger partial charge on any atom is 0.317 e. The fourth-order valence-electron chi connectivity index (χ4n) is 10.5. The van der Waals surface area contributed by atoms with Gasteiger partial charge in [-0.2, -0.15) is 0 Å². The predicted octanol–water partition coefficient (Wildman–Crippen LogP) is 0.450. The van der Waals surface area contributed by atoms with Gasteiger partial charge in [-0.15, -0.1) is 6.42 Å². The topological polar surface area (TPSA) is 302 Å². The molecule has 0 spiro atoms. The second kappa shape index (κ2) is 36.3. The van der Waals surface area contributed by atoms with Crippen molar-refractivity contribution < 1.29 is 76.0 Å². The zero-order valence-electron chi connectivity index (χ0n) is 50.4. The van der Waals surface area contributed by atoms with Gasteiger partial charge >= 0.3 is 5.97 Å². The van der Waals surface area contributed by atoms with Gasteiger partial charge in [0, 0.05) is 116 Å². The molecular formula is C61H82F2N12O14. The number of nitrogens with zero attached hydrogens (tertiary/aromatic N) is 8. The van der Waals surface area contributed by atoms with Gasteiger partial charge in [-0.3, -0.25) is 82.7 Å². The zero-order chi connectivity index (χ0) is 64.1. The Morgan fingerprint density at radius 3 is 2.03 bits per heavy atom. The van der Waals surface area contributed by atoms with Crippen LogP contribution in [0.3, 0.4) is 0 Å². The highest BCUT2D eigenvalue weighted by Gasteiger charge is 2.46. The maximum atomic E-state index is 14.0. The number of hydrogen-bond acceptors (Lipinski definition) is 19. The Hall–Kier alpha value is -8.23. The van der Waals surface area contributed by atoms with Crippen molar-refractivity contribution in [2.45, 2.75) is 82.7 Å². The van der Waals surface area contributed by atoms with Crippen molar-refractivity contribution in [1.29, 1.82) is 0 Å². The number of nitrogens with one attached hydrogen (secondary N) is 4. The van der Waals surface area contributed by atoms with Crippen molar-refractivity contribution >= 4 is 71.2 Å². The Balaban J connectivity index is 0.980. The number of terminal acetylenes is 1. The third kappa shape index (κ3) is 24.3. The summed E-state index contributed by atoms with van der Waals surface area (Å²) in [5, 5.41) is 20.6. The lowest BCUT2D eigenvalue weighted by Gasteiger charge is -2.34. The number of unbranched alkanes of at least 4 members (excludes halogenated alkanes) is 1. The van der Waals surface area contributed by atoms with Crippen LogP contribution in [0.4, 0.5) is 8.78 Å². The van der Waals surface area contributed by atoms with Crippen LogP contribution in [0.2, 0.25) is 0 Å². The highest BCUT2D eigenvalue weighted by molar-refractivity contribution is 6.07. The minimum absolute atomic E-state index is 0.0362. The number of likely N-dealkylation sites (tertiary alicyclic amines) is 1. The lowest BCUT2D eigenvalue weighted by Crippen LogP contribution is -2.53. The first-order chi connectivity index (χ1) is 42.8. The summed E-state index contributed by atoms with van der Waals surface area (Å²) in [4.78, 5) is 143. The number of carboxylic acids is 1. The number of alkyl halides is 2. The van der Waals surface area contributed by atoms with E-state index >= 15 is 0 Å². The maximum absolute atomic E-state index is 14.0. The van der Waals surface area contributed by atoms with E-state index in [1.807, 2.05) is 41.0 Å². The van der Waals surface area contributed by atoms with Gasteiger partial charge in [0.25, 0.3) is 24.8 Å². The number of hydrogen-bond donors (Lipinski definition) is 5. The molecule has 484 valence electrons. The predicted molar refractivity (Wildman–Crippen MR) is 319 cm³/mol. The molecule has 3 aliphatic heterocycles. The molecule has 4 heterocycles. The van der Waals surface area contributed by atoms with Crippen LogP contribution in [0.25, 0.3) is 10.9 Å². The number of carboxylic acid groups (broad SMARTS) is 1. The molecule has 89 heavy (non-hydrogen) atoms. The van der Waals surface area contributed by atoms with Gasteiger partial charge in [-0.25, -0.2) is 8.78 Å². The van der Waals surface area contributed by atoms with Crippen LogP contribution in [-0.4, -0.2) is 261 Å². The number of aromatic nitrogens is 1. The molecule has 7 amide bonds. The molecule has 1 aromatic heterocycles. The molecule has 0 saturated carbocycles. The fraction of sp³-hybridized carbons (Fsp3) is 0.557. The lowest BCUT2D eigenvalue weighted by atomic mass is 10.1. The number of halogens is 2. The summed E-state index contributed by atoms with van der Waals surface area (Å²) >= 11 is 0. The Morgan fingerprint density at radius 1 is 0.753 bits per heavy atom. The van der Waals surface area contributed by atoms with Crippen molar-refractivity contribution in [2.75, 3.05) is 138 Å². The Morgan fingerprint density at radius 2 is 1.39 bits per heavy atom. The molecular weight excluding hydrogens is 1160 g/mol. The molecule has 0 unspecified atom stereocenters. The molecule has 3 aliphatic rings. The number of benzene rings is 2. The summed E-state index contributed by atoms with van der Waals surface area (Å²) in [6.45, 7) is 5.83. The quantitative estimate of drug-likeness (QED) is 0.0253. The first kappa shape index (κ1) is 69.9. The minimum atomic E-state index is -3.12. The van der Waals surface area contributed by atoms with E-state index in [0.717, 1.165) is 22.4 Å². The van der Waals surface area contributed by atoms with Gasteiger partial charge in [-0.05, 0) is 75.3 Å². The van der Waals surface area contributed by atoms with Crippen LogP contribution in [0.1, 0.15) is 72.9 Å². The molecule has 0 aliphatic carbocycles. The Labute approximate surface area is 516 Å². The van der Waals surface area contributed by atoms with Crippen molar-refractivity contribution in [3.05, 3.63) is 71.4 Å². The molecule has 0 bridgehead atoms. The number of rotatable bonds is 31. The van der Waals surface area contributed by atoms with Crippen LogP contribution in [0.5, 0.6) is 5.75 Å². The van der Waals surface area contributed by atoms with Crippen LogP contribution in [-0.2, 0) is 59.0 Å². The first-order valence-corrected chi connectivity index (χ1v) is 29.9. The van der Waals surface area contributed by atoms with Crippen LogP contribution in [0.15, 0.2) is 54.7 Å². The Bertz CT molecular complexity index is 2930. The van der Waals surface area contributed by atoms with Crippen LogP contribution >= 0.6 is 0 Å². The van der Waals surface area contributed by atoms with E-state index in [1.54, 1.807) is 28.0 Å². The average Bonchev–Trinajstić information content (AvgIpc) is 2.28. The second-order valence-electron chi connectivity index (χ2n) is 22.3.